The van der Waals surface area contributed by atoms with Gasteiger partial charge in [0.15, 0.2) is 0 Å². The summed E-state index contributed by atoms with van der Waals surface area (Å²) in [5.41, 5.74) is 0.708. The Bertz CT molecular complexity index is 1150. The van der Waals surface area contributed by atoms with Crippen molar-refractivity contribution < 1.29 is 4.74 Å². The summed E-state index contributed by atoms with van der Waals surface area (Å²) in [6.45, 7) is 6.82. The molecule has 1 aliphatic carbocycles. The largest absolute Gasteiger partial charge is 0.379 e. The molecule has 4 heterocycles. The average Bonchev–Trinajstić information content (AvgIpc) is 3.27. The molecule has 3 N–H and O–H groups in total. The van der Waals surface area contributed by atoms with Gasteiger partial charge in [-0.2, -0.15) is 0 Å². The number of hydrogen-bond donors (Lipinski definition) is 3. The van der Waals surface area contributed by atoms with Crippen LogP contribution in [0.1, 0.15) is 31.7 Å². The molecular formula is C22H30N6O3. The molecule has 0 atom stereocenters. The minimum atomic E-state index is -0.370. The van der Waals surface area contributed by atoms with Gasteiger partial charge >= 0.3 is 5.69 Å². The van der Waals surface area contributed by atoms with Crippen LogP contribution in [0.3, 0.4) is 0 Å². The van der Waals surface area contributed by atoms with Gasteiger partial charge in [-0.05, 0) is 44.2 Å². The zero-order chi connectivity index (χ0) is 21.2. The van der Waals surface area contributed by atoms with Crippen LogP contribution < -0.4 is 16.6 Å². The fourth-order valence-electron chi connectivity index (χ4n) is 5.07. The summed E-state index contributed by atoms with van der Waals surface area (Å²) < 4.78 is 7.20. The van der Waals surface area contributed by atoms with E-state index in [1.807, 2.05) is 6.07 Å². The van der Waals surface area contributed by atoms with Crippen molar-refractivity contribution in [3.63, 3.8) is 0 Å². The summed E-state index contributed by atoms with van der Waals surface area (Å²) in [7, 11) is 0. The van der Waals surface area contributed by atoms with Gasteiger partial charge in [-0.15, -0.1) is 0 Å². The van der Waals surface area contributed by atoms with Crippen LogP contribution >= 0.6 is 0 Å². The van der Waals surface area contributed by atoms with Crippen LogP contribution in [0, 0.1) is 5.92 Å². The van der Waals surface area contributed by atoms with Crippen LogP contribution in [0.15, 0.2) is 28.0 Å². The van der Waals surface area contributed by atoms with E-state index >= 15 is 0 Å². The molecule has 0 unspecified atom stereocenters. The number of H-pyrrole nitrogens is 2. The van der Waals surface area contributed by atoms with Crippen LogP contribution in [0.4, 0.5) is 0 Å². The first kappa shape index (κ1) is 20.4. The van der Waals surface area contributed by atoms with Gasteiger partial charge < -0.3 is 15.0 Å². The van der Waals surface area contributed by atoms with Gasteiger partial charge in [0.05, 0.1) is 24.1 Å². The number of hydrogen-bond acceptors (Lipinski definition) is 6. The quantitative estimate of drug-likeness (QED) is 0.512. The first-order chi connectivity index (χ1) is 15.2. The van der Waals surface area contributed by atoms with Crippen LogP contribution in [-0.4, -0.2) is 70.4 Å². The van der Waals surface area contributed by atoms with E-state index in [1.54, 1.807) is 17.0 Å². The molecule has 1 saturated heterocycles. The minimum Gasteiger partial charge on any atom is -0.379 e. The Morgan fingerprint density at radius 3 is 2.74 bits per heavy atom. The van der Waals surface area contributed by atoms with Gasteiger partial charge in [0.1, 0.15) is 5.65 Å². The highest BCUT2D eigenvalue weighted by atomic mass is 16.5. The second-order valence-corrected chi connectivity index (χ2v) is 8.72. The lowest BCUT2D eigenvalue weighted by atomic mass is 9.85. The van der Waals surface area contributed by atoms with Gasteiger partial charge in [0.2, 0.25) is 0 Å². The maximum atomic E-state index is 12.8. The van der Waals surface area contributed by atoms with Crippen molar-refractivity contribution in [2.75, 3.05) is 45.9 Å². The molecule has 0 amide bonds. The average molecular weight is 427 g/mol. The number of nitrogens with zero attached hydrogens (tertiary/aromatic N) is 3. The lowest BCUT2D eigenvalue weighted by Gasteiger charge is -2.31. The number of aromatic amines is 2. The minimum absolute atomic E-state index is 0.0944. The van der Waals surface area contributed by atoms with Crippen LogP contribution in [0.25, 0.3) is 21.9 Å². The van der Waals surface area contributed by atoms with Crippen LogP contribution in [0.2, 0.25) is 0 Å². The van der Waals surface area contributed by atoms with E-state index < -0.39 is 0 Å². The normalized spacial score (nSPS) is 23.0. The number of rotatable bonds is 6. The summed E-state index contributed by atoms with van der Waals surface area (Å²) in [5, 5.41) is 4.91. The molecule has 1 aliphatic heterocycles. The molecule has 0 aromatic carbocycles. The summed E-state index contributed by atoms with van der Waals surface area (Å²) in [6, 6.07) is 1.99. The second-order valence-electron chi connectivity index (χ2n) is 8.72. The molecule has 3 aromatic heterocycles. The predicted octanol–water partition coefficient (Wildman–Crippen LogP) is 1.22. The predicted molar refractivity (Wildman–Crippen MR) is 120 cm³/mol. The van der Waals surface area contributed by atoms with Crippen molar-refractivity contribution in [1.82, 2.24) is 29.7 Å². The standard InChI is InChI=1S/C22H30N6O3/c29-21-18-14-25-20-17(5-6-24-20)19(18)28(22(30)26-21)16-3-1-15(2-4-16)13-23-7-8-27-9-11-31-12-10-27/h5-6,14-16,23H,1-4,7-13H2,(H,24,25)(H,26,29,30). The molecule has 0 spiro atoms. The molecule has 166 valence electrons. The van der Waals surface area contributed by atoms with E-state index in [4.69, 9.17) is 4.74 Å². The molecule has 2 fully saturated rings. The Morgan fingerprint density at radius 1 is 1.13 bits per heavy atom. The number of pyridine rings is 1. The van der Waals surface area contributed by atoms with E-state index in [1.165, 1.54) is 0 Å². The lowest BCUT2D eigenvalue weighted by molar-refractivity contribution is 0.0383. The van der Waals surface area contributed by atoms with Gasteiger partial charge in [0.25, 0.3) is 5.56 Å². The number of ether oxygens (including phenoxy) is 1. The van der Waals surface area contributed by atoms with Crippen molar-refractivity contribution in [1.29, 1.82) is 0 Å². The molecule has 3 aromatic rings. The van der Waals surface area contributed by atoms with Crippen molar-refractivity contribution >= 4 is 21.9 Å². The Labute approximate surface area is 179 Å². The van der Waals surface area contributed by atoms with Gasteiger partial charge in [0, 0.05) is 50.0 Å². The Balaban J connectivity index is 1.25. The second kappa shape index (κ2) is 8.94. The van der Waals surface area contributed by atoms with E-state index in [-0.39, 0.29) is 17.3 Å². The van der Waals surface area contributed by atoms with Crippen molar-refractivity contribution in [2.45, 2.75) is 31.7 Å². The third-order valence-electron chi connectivity index (χ3n) is 6.81. The third kappa shape index (κ3) is 4.17. The summed E-state index contributed by atoms with van der Waals surface area (Å²) in [5.74, 6) is 0.625. The molecule has 31 heavy (non-hydrogen) atoms. The van der Waals surface area contributed by atoms with Crippen molar-refractivity contribution in [3.8, 4) is 0 Å². The summed E-state index contributed by atoms with van der Waals surface area (Å²) >= 11 is 0. The third-order valence-corrected chi connectivity index (χ3v) is 6.81. The van der Waals surface area contributed by atoms with Crippen LogP contribution in [0.5, 0.6) is 0 Å². The van der Waals surface area contributed by atoms with Gasteiger partial charge in [-0.3, -0.25) is 19.2 Å². The molecule has 9 nitrogen and oxygen atoms in total. The highest BCUT2D eigenvalue weighted by molar-refractivity contribution is 6.01. The molecule has 1 saturated carbocycles. The maximum absolute atomic E-state index is 12.8. The van der Waals surface area contributed by atoms with E-state index in [9.17, 15) is 9.59 Å². The lowest BCUT2D eigenvalue weighted by Crippen LogP contribution is -2.41. The number of nitrogens with one attached hydrogen (secondary N) is 3. The molecule has 0 bridgehead atoms. The maximum Gasteiger partial charge on any atom is 0.329 e. The van der Waals surface area contributed by atoms with Crippen molar-refractivity contribution in [3.05, 3.63) is 39.3 Å². The topological polar surface area (TPSA) is 108 Å². The zero-order valence-electron chi connectivity index (χ0n) is 17.7. The Kier molecular flexibility index (Phi) is 5.89. The van der Waals surface area contributed by atoms with Gasteiger partial charge in [-0.25, -0.2) is 9.78 Å². The monoisotopic (exact) mass is 426 g/mol. The fourth-order valence-corrected chi connectivity index (χ4v) is 5.07. The Hall–Kier alpha value is -2.49. The van der Waals surface area contributed by atoms with E-state index in [0.717, 1.165) is 77.0 Å². The molecule has 0 radical (unpaired) electrons. The van der Waals surface area contributed by atoms with Crippen LogP contribution in [-0.2, 0) is 4.74 Å². The van der Waals surface area contributed by atoms with Gasteiger partial charge in [-0.1, -0.05) is 0 Å². The Morgan fingerprint density at radius 2 is 1.94 bits per heavy atom. The first-order valence-corrected chi connectivity index (χ1v) is 11.3. The highest BCUT2D eigenvalue weighted by Crippen LogP contribution is 2.33. The highest BCUT2D eigenvalue weighted by Gasteiger charge is 2.25. The van der Waals surface area contributed by atoms with Crippen molar-refractivity contribution in [2.24, 2.45) is 5.92 Å². The molecule has 2 aliphatic rings. The smallest absolute Gasteiger partial charge is 0.329 e. The SMILES string of the molecule is O=c1[nH]c(=O)n(C2CCC(CNCCN3CCOCC3)CC2)c2c1cnc1[nH]ccc12. The van der Waals surface area contributed by atoms with E-state index in [2.05, 4.69) is 25.2 Å². The summed E-state index contributed by atoms with van der Waals surface area (Å²) in [6.07, 6.45) is 7.38. The fraction of sp³-hybridized carbons (Fsp3) is 0.591. The number of morpholine rings is 1. The molecular weight excluding hydrogens is 396 g/mol. The number of aromatic nitrogens is 4. The first-order valence-electron chi connectivity index (χ1n) is 11.3. The number of fused-ring (bicyclic) bond motifs is 3. The zero-order valence-corrected chi connectivity index (χ0v) is 17.7. The van der Waals surface area contributed by atoms with E-state index in [0.29, 0.717) is 22.5 Å². The summed E-state index contributed by atoms with van der Waals surface area (Å²) in [4.78, 5) is 37.5. The molecule has 9 heteroatoms. The molecule has 5 rings (SSSR count).